The number of carbonyl (C=O) groups excluding carboxylic acids is 2. The van der Waals surface area contributed by atoms with Crippen LogP contribution in [0.4, 0.5) is 5.69 Å². The lowest BCUT2D eigenvalue weighted by Crippen LogP contribution is -2.51. The Kier molecular flexibility index (Phi) is 10.5. The maximum atomic E-state index is 13.5. The largest absolute Gasteiger partial charge is 0.354 e. The van der Waals surface area contributed by atoms with Crippen LogP contribution in [0.1, 0.15) is 26.3 Å². The Morgan fingerprint density at radius 3 is 2.23 bits per heavy atom. The smallest absolute Gasteiger partial charge is 0.244 e. The molecule has 0 aliphatic rings. The number of benzene rings is 2. The van der Waals surface area contributed by atoms with Gasteiger partial charge in [-0.25, -0.2) is 8.42 Å². The van der Waals surface area contributed by atoms with Gasteiger partial charge in [-0.2, -0.15) is 0 Å². The summed E-state index contributed by atoms with van der Waals surface area (Å²) in [5.74, 6) is -0.819. The number of amides is 2. The molecule has 2 rings (SSSR count). The third-order valence-corrected chi connectivity index (χ3v) is 7.61. The lowest BCUT2D eigenvalue weighted by molar-refractivity contribution is -0.139. The molecule has 1 unspecified atom stereocenters. The number of anilines is 1. The van der Waals surface area contributed by atoms with Crippen molar-refractivity contribution in [2.75, 3.05) is 23.7 Å². The van der Waals surface area contributed by atoms with E-state index in [9.17, 15) is 18.0 Å². The lowest BCUT2D eigenvalue weighted by Gasteiger charge is -2.32. The molecule has 0 aromatic heterocycles. The second-order valence-electron chi connectivity index (χ2n) is 8.41. The zero-order chi connectivity index (χ0) is 26.5. The van der Waals surface area contributed by atoms with Crippen LogP contribution in [0.2, 0.25) is 20.1 Å². The van der Waals surface area contributed by atoms with Crippen molar-refractivity contribution < 1.29 is 18.0 Å². The van der Waals surface area contributed by atoms with E-state index in [4.69, 9.17) is 46.4 Å². The van der Waals surface area contributed by atoms with E-state index in [2.05, 4.69) is 5.32 Å². The Hall–Kier alpha value is -1.71. The van der Waals surface area contributed by atoms with Gasteiger partial charge >= 0.3 is 0 Å². The molecule has 0 saturated heterocycles. The maximum absolute atomic E-state index is 13.5. The fourth-order valence-electron chi connectivity index (χ4n) is 3.15. The lowest BCUT2D eigenvalue weighted by atomic mass is 10.1. The summed E-state index contributed by atoms with van der Waals surface area (Å²) in [7, 11) is -3.94. The molecule has 7 nitrogen and oxygen atoms in total. The number of nitrogens with zero attached hydrogens (tertiary/aromatic N) is 2. The van der Waals surface area contributed by atoms with Crippen molar-refractivity contribution in [2.45, 2.75) is 33.4 Å². The standard InChI is InChI=1S/C23H27Cl4N3O4S/c1-14(2)11-28-23(32)15(3)29(12-16-8-9-17(24)10-19(16)26)21(31)13-30(35(4,33)34)20-7-5-6-18(25)22(20)27/h5-10,14-15H,11-13H2,1-4H3,(H,28,32). The molecule has 0 fully saturated rings. The molecule has 1 atom stereocenters. The van der Waals surface area contributed by atoms with Gasteiger partial charge in [0.15, 0.2) is 0 Å². The van der Waals surface area contributed by atoms with Crippen molar-refractivity contribution in [1.29, 1.82) is 0 Å². The van der Waals surface area contributed by atoms with Crippen LogP contribution < -0.4 is 9.62 Å². The number of nitrogens with one attached hydrogen (secondary N) is 1. The first-order valence-electron chi connectivity index (χ1n) is 10.6. The van der Waals surface area contributed by atoms with E-state index in [1.807, 2.05) is 13.8 Å². The van der Waals surface area contributed by atoms with Gasteiger partial charge in [0, 0.05) is 23.1 Å². The quantitative estimate of drug-likeness (QED) is 0.414. The van der Waals surface area contributed by atoms with E-state index in [1.165, 1.54) is 29.2 Å². The minimum atomic E-state index is -3.94. The molecule has 0 aliphatic carbocycles. The van der Waals surface area contributed by atoms with Crippen LogP contribution in [0.15, 0.2) is 36.4 Å². The summed E-state index contributed by atoms with van der Waals surface area (Å²) in [6.45, 7) is 5.22. The average molecular weight is 583 g/mol. The highest BCUT2D eigenvalue weighted by atomic mass is 35.5. The van der Waals surface area contributed by atoms with Gasteiger partial charge in [0.05, 0.1) is 22.0 Å². The van der Waals surface area contributed by atoms with Gasteiger partial charge in [-0.1, -0.05) is 72.4 Å². The van der Waals surface area contributed by atoms with Crippen LogP contribution in [0.3, 0.4) is 0 Å². The zero-order valence-electron chi connectivity index (χ0n) is 19.7. The Bertz CT molecular complexity index is 1190. The summed E-state index contributed by atoms with van der Waals surface area (Å²) in [4.78, 5) is 27.6. The molecule has 0 saturated carbocycles. The fraction of sp³-hybridized carbons (Fsp3) is 0.391. The second kappa shape index (κ2) is 12.5. The summed E-state index contributed by atoms with van der Waals surface area (Å²) in [6.07, 6.45) is 0.955. The molecule has 1 N–H and O–H groups in total. The molecule has 0 radical (unpaired) electrons. The first-order chi connectivity index (χ1) is 16.2. The van der Waals surface area contributed by atoms with E-state index < -0.39 is 28.5 Å². The number of hydrogen-bond donors (Lipinski definition) is 1. The summed E-state index contributed by atoms with van der Waals surface area (Å²) >= 11 is 24.6. The van der Waals surface area contributed by atoms with Crippen molar-refractivity contribution >= 4 is 73.9 Å². The molecule has 2 aromatic rings. The molecular formula is C23H27Cl4N3O4S. The molecular weight excluding hydrogens is 556 g/mol. The van der Waals surface area contributed by atoms with Crippen molar-refractivity contribution in [3.8, 4) is 0 Å². The SMILES string of the molecule is CC(C)CNC(=O)C(C)N(Cc1ccc(Cl)cc1Cl)C(=O)CN(c1cccc(Cl)c1Cl)S(C)(=O)=O. The third kappa shape index (κ3) is 8.15. The van der Waals surface area contributed by atoms with Crippen LogP contribution in [-0.2, 0) is 26.2 Å². The number of hydrogen-bond acceptors (Lipinski definition) is 4. The summed E-state index contributed by atoms with van der Waals surface area (Å²) < 4.78 is 26.1. The minimum absolute atomic E-state index is 0.0117. The minimum Gasteiger partial charge on any atom is -0.354 e. The average Bonchev–Trinajstić information content (AvgIpc) is 2.76. The van der Waals surface area contributed by atoms with Crippen LogP contribution in [0, 0.1) is 5.92 Å². The van der Waals surface area contributed by atoms with Crippen LogP contribution >= 0.6 is 46.4 Å². The van der Waals surface area contributed by atoms with Crippen LogP contribution in [0.5, 0.6) is 0 Å². The Morgan fingerprint density at radius 2 is 1.66 bits per heavy atom. The number of rotatable bonds is 10. The van der Waals surface area contributed by atoms with Gasteiger partial charge in [-0.3, -0.25) is 13.9 Å². The predicted octanol–water partition coefficient (Wildman–Crippen LogP) is 5.26. The second-order valence-corrected chi connectivity index (χ2v) is 12.0. The molecule has 35 heavy (non-hydrogen) atoms. The molecule has 0 bridgehead atoms. The first kappa shape index (κ1) is 29.5. The topological polar surface area (TPSA) is 86.8 Å². The van der Waals surface area contributed by atoms with E-state index in [-0.39, 0.29) is 34.1 Å². The number of sulfonamides is 1. The van der Waals surface area contributed by atoms with Gasteiger partial charge < -0.3 is 10.2 Å². The molecule has 12 heteroatoms. The molecule has 0 aliphatic heterocycles. The first-order valence-corrected chi connectivity index (χ1v) is 14.0. The Balaban J connectivity index is 2.45. The normalized spacial score (nSPS) is 12.4. The fourth-order valence-corrected chi connectivity index (χ4v) is 4.92. The molecule has 192 valence electrons. The van der Waals surface area contributed by atoms with Crippen molar-refractivity contribution in [3.63, 3.8) is 0 Å². The highest BCUT2D eigenvalue weighted by Gasteiger charge is 2.31. The van der Waals surface area contributed by atoms with E-state index in [0.29, 0.717) is 22.2 Å². The Labute approximate surface area is 226 Å². The van der Waals surface area contributed by atoms with E-state index in [1.54, 1.807) is 19.1 Å². The van der Waals surface area contributed by atoms with Gasteiger partial charge in [0.2, 0.25) is 21.8 Å². The van der Waals surface area contributed by atoms with Gasteiger partial charge in [0.1, 0.15) is 12.6 Å². The number of halogens is 4. The summed E-state index contributed by atoms with van der Waals surface area (Å²) in [6, 6.07) is 8.34. The molecule has 2 amide bonds. The molecule has 2 aromatic carbocycles. The summed E-state index contributed by atoms with van der Waals surface area (Å²) in [5, 5.41) is 3.65. The summed E-state index contributed by atoms with van der Waals surface area (Å²) in [5.41, 5.74) is 0.594. The maximum Gasteiger partial charge on any atom is 0.244 e. The third-order valence-electron chi connectivity index (χ3n) is 5.09. The van der Waals surface area contributed by atoms with Crippen LogP contribution in [-0.4, -0.2) is 50.5 Å². The predicted molar refractivity (Wildman–Crippen MR) is 143 cm³/mol. The van der Waals surface area contributed by atoms with Gasteiger partial charge in [-0.15, -0.1) is 0 Å². The molecule has 0 heterocycles. The van der Waals surface area contributed by atoms with Gasteiger partial charge in [0.25, 0.3) is 0 Å². The zero-order valence-corrected chi connectivity index (χ0v) is 23.5. The molecule has 0 spiro atoms. The Morgan fingerprint density at radius 1 is 1.00 bits per heavy atom. The highest BCUT2D eigenvalue weighted by Crippen LogP contribution is 2.34. The van der Waals surface area contributed by atoms with Crippen molar-refractivity contribution in [1.82, 2.24) is 10.2 Å². The van der Waals surface area contributed by atoms with E-state index >= 15 is 0 Å². The van der Waals surface area contributed by atoms with Crippen LogP contribution in [0.25, 0.3) is 0 Å². The van der Waals surface area contributed by atoms with E-state index in [0.717, 1.165) is 10.6 Å². The van der Waals surface area contributed by atoms with Gasteiger partial charge in [-0.05, 0) is 42.7 Å². The number of carbonyl (C=O) groups is 2. The highest BCUT2D eigenvalue weighted by molar-refractivity contribution is 7.92. The van der Waals surface area contributed by atoms with Crippen molar-refractivity contribution in [3.05, 3.63) is 62.1 Å². The monoisotopic (exact) mass is 581 g/mol. The van der Waals surface area contributed by atoms with Crippen molar-refractivity contribution in [2.24, 2.45) is 5.92 Å².